The zero-order valence-electron chi connectivity index (χ0n) is 19.3. The highest BCUT2D eigenvalue weighted by Gasteiger charge is 2.16. The Morgan fingerprint density at radius 2 is 1.75 bits per heavy atom. The highest BCUT2D eigenvalue weighted by molar-refractivity contribution is 6.31. The van der Waals surface area contributed by atoms with Crippen molar-refractivity contribution < 1.29 is 19.1 Å². The number of fused-ring (bicyclic) bond motifs is 1. The van der Waals surface area contributed by atoms with E-state index in [2.05, 4.69) is 5.32 Å². The molecule has 1 amide bonds. The molecule has 36 heavy (non-hydrogen) atoms. The van der Waals surface area contributed by atoms with Gasteiger partial charge in [0.2, 0.25) is 0 Å². The minimum atomic E-state index is -0.579. The summed E-state index contributed by atoms with van der Waals surface area (Å²) in [6.07, 6.45) is 1.43. The van der Waals surface area contributed by atoms with Crippen LogP contribution in [0.1, 0.15) is 22.8 Å². The van der Waals surface area contributed by atoms with Gasteiger partial charge in [-0.3, -0.25) is 4.79 Å². The number of nitrogens with zero attached hydrogens (tertiary/aromatic N) is 1. The first kappa shape index (κ1) is 24.5. The van der Waals surface area contributed by atoms with Gasteiger partial charge in [-0.2, -0.15) is 5.26 Å². The zero-order valence-corrected chi connectivity index (χ0v) is 20.1. The Balaban J connectivity index is 1.59. The lowest BCUT2D eigenvalue weighted by Crippen LogP contribution is -2.13. The van der Waals surface area contributed by atoms with Gasteiger partial charge >= 0.3 is 5.97 Å². The zero-order chi connectivity index (χ0) is 25.5. The summed E-state index contributed by atoms with van der Waals surface area (Å²) in [7, 11) is 0. The molecule has 4 rings (SSSR count). The number of benzene rings is 4. The summed E-state index contributed by atoms with van der Waals surface area (Å²) in [4.78, 5) is 25.6. The number of anilines is 1. The fourth-order valence-corrected chi connectivity index (χ4v) is 3.80. The smallest absolute Gasteiger partial charge is 0.344 e. The van der Waals surface area contributed by atoms with E-state index in [9.17, 15) is 14.9 Å². The van der Waals surface area contributed by atoms with Crippen LogP contribution in [0.3, 0.4) is 0 Å². The van der Waals surface area contributed by atoms with Gasteiger partial charge < -0.3 is 14.8 Å². The Morgan fingerprint density at radius 1 is 0.972 bits per heavy atom. The number of hydrogen-bond donors (Lipinski definition) is 1. The maximum atomic E-state index is 13.0. The van der Waals surface area contributed by atoms with E-state index in [1.165, 1.54) is 6.08 Å². The van der Waals surface area contributed by atoms with Gasteiger partial charge in [-0.15, -0.1) is 0 Å². The fraction of sp³-hybridized carbons (Fsp3) is 0.0690. The Kier molecular flexibility index (Phi) is 7.64. The molecular formula is C29H21ClN2O4. The third-order valence-electron chi connectivity index (χ3n) is 5.24. The van der Waals surface area contributed by atoms with Crippen LogP contribution in [0.5, 0.6) is 11.5 Å². The summed E-state index contributed by atoms with van der Waals surface area (Å²) in [6.45, 7) is 2.13. The lowest BCUT2D eigenvalue weighted by Gasteiger charge is -2.12. The molecule has 0 radical (unpaired) electrons. The van der Waals surface area contributed by atoms with Crippen LogP contribution in [-0.2, 0) is 4.79 Å². The Bertz CT molecular complexity index is 1520. The first-order chi connectivity index (χ1) is 17.5. The summed E-state index contributed by atoms with van der Waals surface area (Å²) < 4.78 is 11.4. The van der Waals surface area contributed by atoms with E-state index in [-0.39, 0.29) is 11.3 Å². The second kappa shape index (κ2) is 11.2. The molecule has 0 heterocycles. The molecule has 0 bridgehead atoms. The molecule has 4 aromatic rings. The average molecular weight is 497 g/mol. The van der Waals surface area contributed by atoms with Crippen LogP contribution in [0.4, 0.5) is 5.69 Å². The fourth-order valence-electron chi connectivity index (χ4n) is 3.61. The Labute approximate surface area is 213 Å². The normalized spacial score (nSPS) is 11.0. The van der Waals surface area contributed by atoms with Crippen LogP contribution >= 0.6 is 11.6 Å². The number of carbonyl (C=O) groups is 2. The van der Waals surface area contributed by atoms with Crippen molar-refractivity contribution >= 4 is 46.0 Å². The van der Waals surface area contributed by atoms with Crippen molar-refractivity contribution in [1.29, 1.82) is 5.26 Å². The second-order valence-electron chi connectivity index (χ2n) is 7.69. The number of rotatable bonds is 7. The second-order valence-corrected chi connectivity index (χ2v) is 8.13. The summed E-state index contributed by atoms with van der Waals surface area (Å²) in [5.74, 6) is -0.556. The molecule has 0 atom stereocenters. The third kappa shape index (κ3) is 5.72. The Hall–Kier alpha value is -4.60. The summed E-state index contributed by atoms with van der Waals surface area (Å²) >= 11 is 5.96. The standard InChI is InChI=1S/C29H21ClN2O4/c1-2-35-27-16-19(15-21(18-31)28(33)32-23-10-6-9-22(30)17-23)13-14-26(27)36-29(34)25-12-5-8-20-7-3-4-11-24(20)25/h3-17H,2H2,1H3,(H,32,33)/b21-15+. The van der Waals surface area contributed by atoms with Crippen LogP contribution in [0.2, 0.25) is 5.02 Å². The third-order valence-corrected chi connectivity index (χ3v) is 5.47. The predicted molar refractivity (Wildman–Crippen MR) is 140 cm³/mol. The molecule has 1 N–H and O–H groups in total. The molecule has 7 heteroatoms. The molecule has 0 aliphatic rings. The predicted octanol–water partition coefficient (Wildman–Crippen LogP) is 6.66. The van der Waals surface area contributed by atoms with Crippen LogP contribution in [0, 0.1) is 11.3 Å². The van der Waals surface area contributed by atoms with Gasteiger partial charge in [0.15, 0.2) is 11.5 Å². The van der Waals surface area contributed by atoms with Gasteiger partial charge in [0.1, 0.15) is 11.6 Å². The van der Waals surface area contributed by atoms with Crippen molar-refractivity contribution in [3.8, 4) is 17.6 Å². The molecule has 0 saturated heterocycles. The number of esters is 1. The maximum absolute atomic E-state index is 13.0. The molecule has 0 saturated carbocycles. The largest absolute Gasteiger partial charge is 0.490 e. The number of nitriles is 1. The van der Waals surface area contributed by atoms with E-state index >= 15 is 0 Å². The number of ether oxygens (including phenoxy) is 2. The van der Waals surface area contributed by atoms with Crippen molar-refractivity contribution in [2.24, 2.45) is 0 Å². The van der Waals surface area contributed by atoms with Gasteiger partial charge in [0.25, 0.3) is 5.91 Å². The molecule has 0 aliphatic heterocycles. The molecule has 4 aromatic carbocycles. The van der Waals surface area contributed by atoms with E-state index < -0.39 is 11.9 Å². The van der Waals surface area contributed by atoms with E-state index in [0.29, 0.717) is 34.2 Å². The molecule has 0 spiro atoms. The van der Waals surface area contributed by atoms with Gasteiger partial charge in [-0.25, -0.2) is 4.79 Å². The van der Waals surface area contributed by atoms with Crippen molar-refractivity contribution in [2.75, 3.05) is 11.9 Å². The van der Waals surface area contributed by atoms with Gasteiger partial charge in [0, 0.05) is 10.7 Å². The van der Waals surface area contributed by atoms with Crippen molar-refractivity contribution in [1.82, 2.24) is 0 Å². The number of nitrogens with one attached hydrogen (secondary N) is 1. The Morgan fingerprint density at radius 3 is 2.53 bits per heavy atom. The quantitative estimate of drug-likeness (QED) is 0.134. The lowest BCUT2D eigenvalue weighted by atomic mass is 10.0. The minimum Gasteiger partial charge on any atom is -0.490 e. The van der Waals surface area contributed by atoms with E-state index in [0.717, 1.165) is 10.8 Å². The van der Waals surface area contributed by atoms with E-state index in [4.69, 9.17) is 21.1 Å². The van der Waals surface area contributed by atoms with Crippen LogP contribution in [0.25, 0.3) is 16.8 Å². The van der Waals surface area contributed by atoms with Crippen LogP contribution in [-0.4, -0.2) is 18.5 Å². The molecule has 0 aliphatic carbocycles. The number of halogens is 1. The molecule has 178 valence electrons. The summed E-state index contributed by atoms with van der Waals surface area (Å²) in [5, 5.41) is 14.4. The van der Waals surface area contributed by atoms with Gasteiger partial charge in [0.05, 0.1) is 12.2 Å². The number of carbonyl (C=O) groups excluding carboxylic acids is 2. The highest BCUT2D eigenvalue weighted by atomic mass is 35.5. The van der Waals surface area contributed by atoms with Crippen LogP contribution < -0.4 is 14.8 Å². The maximum Gasteiger partial charge on any atom is 0.344 e. The molecule has 6 nitrogen and oxygen atoms in total. The molecule has 0 fully saturated rings. The first-order valence-corrected chi connectivity index (χ1v) is 11.5. The summed E-state index contributed by atoms with van der Waals surface area (Å²) in [6, 6.07) is 26.4. The molecule has 0 aromatic heterocycles. The van der Waals surface area contributed by atoms with Gasteiger partial charge in [-0.1, -0.05) is 60.1 Å². The molecule has 0 unspecified atom stereocenters. The highest BCUT2D eigenvalue weighted by Crippen LogP contribution is 2.31. The van der Waals surface area contributed by atoms with Gasteiger partial charge in [-0.05, 0) is 65.7 Å². The van der Waals surface area contributed by atoms with E-state index in [1.807, 2.05) is 36.4 Å². The molecular weight excluding hydrogens is 476 g/mol. The van der Waals surface area contributed by atoms with Crippen molar-refractivity contribution in [2.45, 2.75) is 6.92 Å². The SMILES string of the molecule is CCOc1cc(/C=C(\C#N)C(=O)Nc2cccc(Cl)c2)ccc1OC(=O)c1cccc2ccccc12. The lowest BCUT2D eigenvalue weighted by molar-refractivity contribution is -0.112. The van der Waals surface area contributed by atoms with Crippen molar-refractivity contribution in [3.05, 3.63) is 107 Å². The summed E-state index contributed by atoms with van der Waals surface area (Å²) in [5.41, 5.74) is 1.32. The van der Waals surface area contributed by atoms with E-state index in [1.54, 1.807) is 61.5 Å². The average Bonchev–Trinajstić information content (AvgIpc) is 2.88. The topological polar surface area (TPSA) is 88.4 Å². The first-order valence-electron chi connectivity index (χ1n) is 11.1. The number of hydrogen-bond acceptors (Lipinski definition) is 5. The monoisotopic (exact) mass is 496 g/mol. The minimum absolute atomic E-state index is 0.113. The number of amides is 1. The van der Waals surface area contributed by atoms with Crippen molar-refractivity contribution in [3.63, 3.8) is 0 Å². The van der Waals surface area contributed by atoms with Crippen LogP contribution in [0.15, 0.2) is 90.5 Å².